The van der Waals surface area contributed by atoms with Crippen LogP contribution in [0.1, 0.15) is 33.1 Å². The first-order valence-corrected chi connectivity index (χ1v) is 11.0. The molecule has 1 saturated heterocycles. The lowest BCUT2D eigenvalue weighted by atomic mass is 10.1. The number of hydrogen-bond acceptors (Lipinski definition) is 3. The Morgan fingerprint density at radius 3 is 2.33 bits per heavy atom. The van der Waals surface area contributed by atoms with Gasteiger partial charge in [-0.15, -0.1) is 0 Å². The third-order valence-corrected chi connectivity index (χ3v) is 6.27. The molecule has 0 unspecified atom stereocenters. The largest absolute Gasteiger partial charge is 0.368 e. The van der Waals surface area contributed by atoms with Crippen molar-refractivity contribution in [3.8, 4) is 0 Å². The maximum atomic E-state index is 13.2. The first kappa shape index (κ1) is 20.7. The van der Waals surface area contributed by atoms with Crippen molar-refractivity contribution in [1.29, 1.82) is 0 Å². The number of imidazole rings is 1. The number of aromatic nitrogens is 2. The molecule has 0 spiro atoms. The van der Waals surface area contributed by atoms with Crippen LogP contribution in [-0.4, -0.2) is 46.2 Å². The molecule has 0 radical (unpaired) electrons. The maximum Gasteiger partial charge on any atom is 0.326 e. The summed E-state index contributed by atoms with van der Waals surface area (Å²) in [5, 5.41) is 0. The molecule has 1 fully saturated rings. The Labute approximate surface area is 177 Å². The van der Waals surface area contributed by atoms with E-state index in [0.717, 1.165) is 62.2 Å². The molecule has 4 rings (SSSR count). The minimum Gasteiger partial charge on any atom is -0.368 e. The number of anilines is 1. The number of para-hydroxylation sites is 2. The van der Waals surface area contributed by atoms with E-state index in [0.29, 0.717) is 12.1 Å². The first-order valence-electron chi connectivity index (χ1n) is 11.0. The van der Waals surface area contributed by atoms with Crippen molar-refractivity contribution in [2.24, 2.45) is 0 Å². The van der Waals surface area contributed by atoms with Crippen molar-refractivity contribution < 1.29 is 4.39 Å². The molecule has 2 atom stereocenters. The molecule has 30 heavy (non-hydrogen) atoms. The third-order valence-electron chi connectivity index (χ3n) is 6.27. The lowest BCUT2D eigenvalue weighted by Crippen LogP contribution is -2.57. The van der Waals surface area contributed by atoms with E-state index in [1.54, 1.807) is 0 Å². The number of aryl methyl sites for hydroxylation is 1. The summed E-state index contributed by atoms with van der Waals surface area (Å²) in [7, 11) is 0. The van der Waals surface area contributed by atoms with E-state index in [4.69, 9.17) is 0 Å². The summed E-state index contributed by atoms with van der Waals surface area (Å²) in [5.41, 5.74) is 2.97. The molecule has 1 aliphatic heterocycles. The number of H-pyrrole nitrogens is 1. The van der Waals surface area contributed by atoms with Crippen LogP contribution in [0.15, 0.2) is 53.3 Å². The van der Waals surface area contributed by atoms with Gasteiger partial charge in [0, 0.05) is 37.4 Å². The predicted molar refractivity (Wildman–Crippen MR) is 121 cm³/mol. The molecule has 3 aromatic rings. The number of fused-ring (bicyclic) bond motifs is 1. The fraction of sp³-hybridized carbons (Fsp3) is 0.458. The highest BCUT2D eigenvalue weighted by Crippen LogP contribution is 2.23. The lowest BCUT2D eigenvalue weighted by Gasteiger charge is -2.45. The molecule has 1 N–H and O–H groups in total. The van der Waals surface area contributed by atoms with Crippen LogP contribution in [0.2, 0.25) is 0 Å². The quantitative estimate of drug-likeness (QED) is 0.593. The molecule has 6 heteroatoms. The van der Waals surface area contributed by atoms with Gasteiger partial charge in [-0.25, -0.2) is 9.18 Å². The zero-order valence-corrected chi connectivity index (χ0v) is 17.9. The van der Waals surface area contributed by atoms with Crippen LogP contribution in [0.3, 0.4) is 0 Å². The van der Waals surface area contributed by atoms with Crippen LogP contribution < -0.4 is 10.6 Å². The van der Waals surface area contributed by atoms with Crippen molar-refractivity contribution in [3.63, 3.8) is 0 Å². The van der Waals surface area contributed by atoms with Crippen molar-refractivity contribution in [1.82, 2.24) is 14.5 Å². The fourth-order valence-electron chi connectivity index (χ4n) is 4.73. The summed E-state index contributed by atoms with van der Waals surface area (Å²) in [6, 6.07) is 15.6. The number of hydrogen-bond donors (Lipinski definition) is 1. The number of unbranched alkanes of at least 4 members (excludes halogenated alkanes) is 2. The van der Waals surface area contributed by atoms with E-state index in [1.807, 2.05) is 41.0 Å². The van der Waals surface area contributed by atoms with Crippen LogP contribution in [-0.2, 0) is 6.54 Å². The zero-order valence-electron chi connectivity index (χ0n) is 17.9. The Hall–Kier alpha value is -2.60. The summed E-state index contributed by atoms with van der Waals surface area (Å²) in [4.78, 5) is 20.0. The number of nitrogens with one attached hydrogen (secondary N) is 1. The highest BCUT2D eigenvalue weighted by molar-refractivity contribution is 5.74. The molecule has 0 aliphatic carbocycles. The van der Waals surface area contributed by atoms with Gasteiger partial charge in [0.1, 0.15) is 5.82 Å². The highest BCUT2D eigenvalue weighted by Gasteiger charge is 2.29. The van der Waals surface area contributed by atoms with Gasteiger partial charge in [0.2, 0.25) is 0 Å². The minimum absolute atomic E-state index is 0.0182. The van der Waals surface area contributed by atoms with Crippen LogP contribution in [0.5, 0.6) is 0 Å². The Morgan fingerprint density at radius 2 is 1.60 bits per heavy atom. The summed E-state index contributed by atoms with van der Waals surface area (Å²) >= 11 is 0. The number of piperazine rings is 1. The summed E-state index contributed by atoms with van der Waals surface area (Å²) < 4.78 is 15.1. The molecule has 160 valence electrons. The Morgan fingerprint density at radius 1 is 0.933 bits per heavy atom. The molecular weight excluding hydrogens is 379 g/mol. The van der Waals surface area contributed by atoms with Gasteiger partial charge < -0.3 is 9.88 Å². The van der Waals surface area contributed by atoms with E-state index in [9.17, 15) is 9.18 Å². The van der Waals surface area contributed by atoms with E-state index in [-0.39, 0.29) is 11.5 Å². The first-order chi connectivity index (χ1) is 14.5. The molecule has 0 bridgehead atoms. The average molecular weight is 411 g/mol. The van der Waals surface area contributed by atoms with Gasteiger partial charge in [0.05, 0.1) is 11.0 Å². The smallest absolute Gasteiger partial charge is 0.326 e. The van der Waals surface area contributed by atoms with Crippen molar-refractivity contribution in [3.05, 3.63) is 64.8 Å². The SMILES string of the molecule is C[C@@H]1CN(c2ccc(F)cc2)C[C@H](C)N1CCCCCn1c(=O)[nH]c2ccccc21. The molecule has 5 nitrogen and oxygen atoms in total. The van der Waals surface area contributed by atoms with Crippen LogP contribution in [0.25, 0.3) is 11.0 Å². The van der Waals surface area contributed by atoms with Gasteiger partial charge in [0.15, 0.2) is 0 Å². The Kier molecular flexibility index (Phi) is 6.23. The van der Waals surface area contributed by atoms with Gasteiger partial charge in [-0.2, -0.15) is 0 Å². The molecule has 0 amide bonds. The molecule has 1 aromatic heterocycles. The molecule has 2 heterocycles. The van der Waals surface area contributed by atoms with Gasteiger partial charge >= 0.3 is 5.69 Å². The van der Waals surface area contributed by atoms with Gasteiger partial charge in [-0.05, 0) is 69.6 Å². The molecule has 2 aromatic carbocycles. The Balaban J connectivity index is 1.25. The highest BCUT2D eigenvalue weighted by atomic mass is 19.1. The molecule has 1 aliphatic rings. The maximum absolute atomic E-state index is 13.2. The number of rotatable bonds is 7. The minimum atomic E-state index is -0.187. The lowest BCUT2D eigenvalue weighted by molar-refractivity contribution is 0.129. The van der Waals surface area contributed by atoms with E-state index < -0.39 is 0 Å². The van der Waals surface area contributed by atoms with Crippen molar-refractivity contribution >= 4 is 16.7 Å². The van der Waals surface area contributed by atoms with Crippen LogP contribution in [0, 0.1) is 5.82 Å². The van der Waals surface area contributed by atoms with E-state index in [2.05, 4.69) is 28.6 Å². The van der Waals surface area contributed by atoms with E-state index in [1.165, 1.54) is 12.1 Å². The van der Waals surface area contributed by atoms with Crippen LogP contribution >= 0.6 is 0 Å². The number of aromatic amines is 1. The predicted octanol–water partition coefficient (Wildman–Crippen LogP) is 4.24. The number of benzene rings is 2. The second-order valence-electron chi connectivity index (χ2n) is 8.48. The second kappa shape index (κ2) is 9.04. The van der Waals surface area contributed by atoms with Gasteiger partial charge in [-0.3, -0.25) is 9.47 Å². The average Bonchev–Trinajstić information content (AvgIpc) is 3.05. The van der Waals surface area contributed by atoms with E-state index >= 15 is 0 Å². The monoisotopic (exact) mass is 410 g/mol. The zero-order chi connectivity index (χ0) is 21.1. The summed E-state index contributed by atoms with van der Waals surface area (Å²) in [6.07, 6.45) is 3.23. The van der Waals surface area contributed by atoms with Gasteiger partial charge in [-0.1, -0.05) is 18.6 Å². The summed E-state index contributed by atoms with van der Waals surface area (Å²) in [6.45, 7) is 8.30. The Bertz CT molecular complexity index is 1010. The third kappa shape index (κ3) is 4.43. The number of halogens is 1. The standard InChI is InChI=1S/C24H31FN4O/c1-18-16-27(21-12-10-20(25)11-13-21)17-19(2)28(18)14-6-3-7-15-29-23-9-5-4-8-22(23)26-24(29)30/h4-5,8-13,18-19H,3,6-7,14-17H2,1-2H3,(H,26,30)/t18-,19+. The van der Waals surface area contributed by atoms with Crippen molar-refractivity contribution in [2.45, 2.75) is 51.7 Å². The molecular formula is C24H31FN4O. The van der Waals surface area contributed by atoms with Crippen LogP contribution in [0.4, 0.5) is 10.1 Å². The topological polar surface area (TPSA) is 44.3 Å². The summed E-state index contributed by atoms with van der Waals surface area (Å²) in [5.74, 6) is -0.187. The van der Waals surface area contributed by atoms with Gasteiger partial charge in [0.25, 0.3) is 0 Å². The number of nitrogens with zero attached hydrogens (tertiary/aromatic N) is 3. The molecule has 0 saturated carbocycles. The second-order valence-corrected chi connectivity index (χ2v) is 8.48. The van der Waals surface area contributed by atoms with Crippen molar-refractivity contribution in [2.75, 3.05) is 24.5 Å². The fourth-order valence-corrected chi connectivity index (χ4v) is 4.73. The normalized spacial score (nSPS) is 20.2.